The van der Waals surface area contributed by atoms with Gasteiger partial charge in [-0.15, -0.1) is 0 Å². The van der Waals surface area contributed by atoms with Crippen LogP contribution in [-0.2, 0) is 0 Å². The molecular formula is C23H25N2O2+. The van der Waals surface area contributed by atoms with E-state index in [1.54, 1.807) is 0 Å². The van der Waals surface area contributed by atoms with Crippen molar-refractivity contribution in [3.63, 3.8) is 0 Å². The van der Waals surface area contributed by atoms with Crippen molar-refractivity contribution in [3.05, 3.63) is 84.4 Å². The highest BCUT2D eigenvalue weighted by Gasteiger charge is 2.12. The van der Waals surface area contributed by atoms with Crippen LogP contribution in [0.25, 0.3) is 0 Å². The molecule has 2 N–H and O–H groups in total. The topological polar surface area (TPSA) is 44.5 Å². The molecule has 0 heterocycles. The standard InChI is InChI=1S/C23H24N2O2/c1-3-26-21-14-10-19(11-15-21)24-23(18-8-6-5-7-9-18)25-20-12-16-22(17-13-20)27-4-2/h5-17H,3-4H2,1-2H3,(H,24,25)/p+1. The Morgan fingerprint density at radius 3 is 1.85 bits per heavy atom. The highest BCUT2D eigenvalue weighted by Crippen LogP contribution is 2.16. The Bertz CT molecular complexity index is 857. The van der Waals surface area contributed by atoms with Crippen molar-refractivity contribution in [2.24, 2.45) is 0 Å². The molecule has 138 valence electrons. The van der Waals surface area contributed by atoms with Crippen molar-refractivity contribution < 1.29 is 14.5 Å². The third-order valence-electron chi connectivity index (χ3n) is 3.93. The Kier molecular flexibility index (Phi) is 6.47. The Hall–Kier alpha value is -3.27. The molecule has 0 atom stereocenters. The van der Waals surface area contributed by atoms with Gasteiger partial charge in [-0.1, -0.05) is 18.2 Å². The highest BCUT2D eigenvalue weighted by atomic mass is 16.5. The van der Waals surface area contributed by atoms with Crippen molar-refractivity contribution in [3.8, 4) is 11.5 Å². The molecule has 3 aromatic carbocycles. The van der Waals surface area contributed by atoms with E-state index in [0.717, 1.165) is 34.3 Å². The van der Waals surface area contributed by atoms with E-state index in [0.29, 0.717) is 13.2 Å². The number of ether oxygens (including phenoxy) is 2. The van der Waals surface area contributed by atoms with Gasteiger partial charge in [0.05, 0.1) is 18.8 Å². The van der Waals surface area contributed by atoms with Crippen molar-refractivity contribution in [1.82, 2.24) is 0 Å². The van der Waals surface area contributed by atoms with Crippen LogP contribution in [0, 0.1) is 0 Å². The Labute approximate surface area is 160 Å². The molecule has 0 spiro atoms. The summed E-state index contributed by atoms with van der Waals surface area (Å²) in [6.45, 7) is 5.28. The lowest BCUT2D eigenvalue weighted by molar-refractivity contribution is -0.353. The Morgan fingerprint density at radius 2 is 1.30 bits per heavy atom. The second-order valence-corrected chi connectivity index (χ2v) is 5.91. The van der Waals surface area contributed by atoms with Crippen molar-refractivity contribution in [1.29, 1.82) is 0 Å². The zero-order valence-corrected chi connectivity index (χ0v) is 15.7. The van der Waals surface area contributed by atoms with E-state index in [4.69, 9.17) is 9.47 Å². The van der Waals surface area contributed by atoms with Crippen LogP contribution in [0.15, 0.2) is 78.9 Å². The molecule has 0 aliphatic carbocycles. The van der Waals surface area contributed by atoms with E-state index < -0.39 is 0 Å². The van der Waals surface area contributed by atoms with E-state index >= 15 is 0 Å². The summed E-state index contributed by atoms with van der Waals surface area (Å²) in [6, 6.07) is 26.1. The fourth-order valence-electron chi connectivity index (χ4n) is 2.67. The summed E-state index contributed by atoms with van der Waals surface area (Å²) in [5, 5.41) is 3.47. The van der Waals surface area contributed by atoms with Crippen LogP contribution in [0.4, 0.5) is 11.4 Å². The zero-order valence-electron chi connectivity index (χ0n) is 15.7. The van der Waals surface area contributed by atoms with Gasteiger partial charge in [-0.2, -0.15) is 0 Å². The van der Waals surface area contributed by atoms with Crippen molar-refractivity contribution >= 4 is 17.2 Å². The number of hydrogen-bond acceptors (Lipinski definition) is 2. The van der Waals surface area contributed by atoms with Gasteiger partial charge in [-0.25, -0.2) is 10.3 Å². The van der Waals surface area contributed by atoms with Gasteiger partial charge in [-0.3, -0.25) is 0 Å². The van der Waals surface area contributed by atoms with Gasteiger partial charge in [-0.05, 0) is 74.5 Å². The first kappa shape index (κ1) is 18.5. The quantitative estimate of drug-likeness (QED) is 0.498. The lowest BCUT2D eigenvalue weighted by Crippen LogP contribution is -2.68. The summed E-state index contributed by atoms with van der Waals surface area (Å²) >= 11 is 0. The van der Waals surface area contributed by atoms with Crippen LogP contribution < -0.4 is 19.8 Å². The van der Waals surface area contributed by atoms with Crippen molar-refractivity contribution in [2.45, 2.75) is 13.8 Å². The molecule has 0 aliphatic heterocycles. The van der Waals surface area contributed by atoms with Crippen LogP contribution in [0.5, 0.6) is 11.5 Å². The Morgan fingerprint density at radius 1 is 0.741 bits per heavy atom. The first-order chi connectivity index (χ1) is 13.3. The maximum Gasteiger partial charge on any atom is 0.285 e. The number of rotatable bonds is 7. The smallest absolute Gasteiger partial charge is 0.285 e. The molecule has 3 aromatic rings. The third-order valence-corrected chi connectivity index (χ3v) is 3.93. The minimum atomic E-state index is 0.660. The summed E-state index contributed by atoms with van der Waals surface area (Å²) in [7, 11) is 0. The van der Waals surface area contributed by atoms with Crippen LogP contribution in [0.2, 0.25) is 0 Å². The van der Waals surface area contributed by atoms with E-state index in [1.165, 1.54) is 0 Å². The molecule has 0 aliphatic rings. The number of hydrogen-bond donors (Lipinski definition) is 2. The minimum absolute atomic E-state index is 0.660. The predicted octanol–water partition coefficient (Wildman–Crippen LogP) is 3.76. The third kappa shape index (κ3) is 5.35. The van der Waals surface area contributed by atoms with Crippen LogP contribution in [0.1, 0.15) is 19.4 Å². The van der Waals surface area contributed by atoms with Gasteiger partial charge in [0.1, 0.15) is 22.9 Å². The SMILES string of the molecule is CCOc1ccc(NC(=[NH+]c2ccc(OCC)cc2)c2ccccc2)cc1. The van der Waals surface area contributed by atoms with E-state index in [9.17, 15) is 0 Å². The molecule has 0 bridgehead atoms. The lowest BCUT2D eigenvalue weighted by Gasteiger charge is -2.06. The molecule has 0 unspecified atom stereocenters. The minimum Gasteiger partial charge on any atom is -0.494 e. The van der Waals surface area contributed by atoms with E-state index in [1.807, 2.05) is 80.6 Å². The molecule has 0 amide bonds. The fraction of sp³-hybridized carbons (Fsp3) is 0.174. The largest absolute Gasteiger partial charge is 0.494 e. The summed E-state index contributed by atoms with van der Waals surface area (Å²) in [6.07, 6.45) is 0. The first-order valence-corrected chi connectivity index (χ1v) is 9.20. The summed E-state index contributed by atoms with van der Waals surface area (Å²) < 4.78 is 11.0. The van der Waals surface area contributed by atoms with Gasteiger partial charge < -0.3 is 9.47 Å². The van der Waals surface area contributed by atoms with Crippen LogP contribution in [-0.4, -0.2) is 19.0 Å². The first-order valence-electron chi connectivity index (χ1n) is 9.20. The number of amidine groups is 1. The summed E-state index contributed by atoms with van der Waals surface area (Å²) in [5.41, 5.74) is 3.03. The average Bonchev–Trinajstić information content (AvgIpc) is 2.71. The maximum atomic E-state index is 5.52. The van der Waals surface area contributed by atoms with Gasteiger partial charge in [0.15, 0.2) is 0 Å². The molecule has 0 saturated carbocycles. The molecule has 0 saturated heterocycles. The molecule has 4 nitrogen and oxygen atoms in total. The normalized spacial score (nSPS) is 11.1. The molecular weight excluding hydrogens is 336 g/mol. The maximum absolute atomic E-state index is 5.52. The number of benzene rings is 3. The monoisotopic (exact) mass is 361 g/mol. The van der Waals surface area contributed by atoms with Crippen molar-refractivity contribution in [2.75, 3.05) is 18.5 Å². The molecule has 27 heavy (non-hydrogen) atoms. The number of anilines is 1. The highest BCUT2D eigenvalue weighted by molar-refractivity contribution is 6.04. The predicted molar refractivity (Wildman–Crippen MR) is 110 cm³/mol. The zero-order chi connectivity index (χ0) is 18.9. The second-order valence-electron chi connectivity index (χ2n) is 5.91. The molecule has 0 aromatic heterocycles. The van der Waals surface area contributed by atoms with E-state index in [2.05, 4.69) is 22.4 Å². The van der Waals surface area contributed by atoms with Gasteiger partial charge in [0.25, 0.3) is 5.84 Å². The molecule has 0 fully saturated rings. The fourth-order valence-corrected chi connectivity index (χ4v) is 2.67. The van der Waals surface area contributed by atoms with Gasteiger partial charge in [0, 0.05) is 0 Å². The lowest BCUT2D eigenvalue weighted by atomic mass is 10.2. The number of nitrogens with one attached hydrogen (secondary N) is 2. The summed E-state index contributed by atoms with van der Waals surface area (Å²) in [4.78, 5) is 3.47. The van der Waals surface area contributed by atoms with Gasteiger partial charge in [0.2, 0.25) is 0 Å². The average molecular weight is 361 g/mol. The van der Waals surface area contributed by atoms with Gasteiger partial charge >= 0.3 is 0 Å². The molecule has 0 radical (unpaired) electrons. The van der Waals surface area contributed by atoms with Crippen LogP contribution in [0.3, 0.4) is 0 Å². The van der Waals surface area contributed by atoms with Crippen LogP contribution >= 0.6 is 0 Å². The molecule has 4 heteroatoms. The Balaban J connectivity index is 1.87. The van der Waals surface area contributed by atoms with E-state index in [-0.39, 0.29) is 0 Å². The summed E-state index contributed by atoms with van der Waals surface area (Å²) in [5.74, 6) is 2.64. The molecule has 3 rings (SSSR count). The second kappa shape index (κ2) is 9.43.